The van der Waals surface area contributed by atoms with Crippen molar-refractivity contribution in [3.05, 3.63) is 60.0 Å². The lowest BCUT2D eigenvalue weighted by Crippen LogP contribution is -2.28. The molecule has 6 nitrogen and oxygen atoms in total. The Hall–Kier alpha value is -2.86. The molecule has 0 N–H and O–H groups in total. The third-order valence-electron chi connectivity index (χ3n) is 5.51. The number of nitrogens with zero attached hydrogens (tertiary/aromatic N) is 3. The Labute approximate surface area is 171 Å². The van der Waals surface area contributed by atoms with Crippen molar-refractivity contribution in [2.75, 3.05) is 20.8 Å². The summed E-state index contributed by atoms with van der Waals surface area (Å²) in [4.78, 5) is 6.76. The van der Waals surface area contributed by atoms with Gasteiger partial charge < -0.3 is 14.0 Å². The summed E-state index contributed by atoms with van der Waals surface area (Å²) in [7, 11) is 3.27. The predicted molar refractivity (Wildman–Crippen MR) is 111 cm³/mol. The SMILES string of the molecule is COc1ccc(-c2cc([C@H]3CCCCCN3Cc3cccnc3)no2)cc1OC. The van der Waals surface area contributed by atoms with Crippen molar-refractivity contribution in [2.24, 2.45) is 0 Å². The molecule has 6 heteroatoms. The highest BCUT2D eigenvalue weighted by Crippen LogP contribution is 2.36. The van der Waals surface area contributed by atoms with Crippen LogP contribution in [0.15, 0.2) is 53.3 Å². The van der Waals surface area contributed by atoms with Crippen molar-refractivity contribution in [1.29, 1.82) is 0 Å². The van der Waals surface area contributed by atoms with Crippen LogP contribution in [0.3, 0.4) is 0 Å². The highest BCUT2D eigenvalue weighted by molar-refractivity contribution is 5.62. The van der Waals surface area contributed by atoms with Gasteiger partial charge in [-0.25, -0.2) is 0 Å². The van der Waals surface area contributed by atoms with Crippen molar-refractivity contribution in [2.45, 2.75) is 38.3 Å². The lowest BCUT2D eigenvalue weighted by Gasteiger charge is -2.28. The molecule has 3 aromatic rings. The molecule has 0 spiro atoms. The van der Waals surface area contributed by atoms with E-state index < -0.39 is 0 Å². The highest BCUT2D eigenvalue weighted by Gasteiger charge is 2.26. The fourth-order valence-electron chi connectivity index (χ4n) is 3.99. The standard InChI is InChI=1S/C23H27N3O3/c1-27-21-10-9-18(13-23(21)28-2)22-14-19(25-29-22)20-8-4-3-5-12-26(20)16-17-7-6-11-24-15-17/h6-7,9-11,13-15,20H,3-5,8,12,16H2,1-2H3/t20-/m1/s1. The van der Waals surface area contributed by atoms with Gasteiger partial charge in [-0.15, -0.1) is 0 Å². The number of hydrogen-bond donors (Lipinski definition) is 0. The van der Waals surface area contributed by atoms with Gasteiger partial charge in [0, 0.05) is 30.6 Å². The normalized spacial score (nSPS) is 17.7. The number of likely N-dealkylation sites (tertiary alicyclic amines) is 1. The summed E-state index contributed by atoms with van der Waals surface area (Å²) in [6.45, 7) is 1.93. The fraction of sp³-hybridized carbons (Fsp3) is 0.391. The molecule has 29 heavy (non-hydrogen) atoms. The second-order valence-electron chi connectivity index (χ2n) is 7.38. The first kappa shape index (κ1) is 19.5. The summed E-state index contributed by atoms with van der Waals surface area (Å²) in [5.41, 5.74) is 3.14. The molecule has 3 heterocycles. The molecule has 1 aliphatic rings. The van der Waals surface area contributed by atoms with E-state index in [1.807, 2.05) is 36.7 Å². The summed E-state index contributed by atoms with van der Waals surface area (Å²) in [5.74, 6) is 2.12. The Kier molecular flexibility index (Phi) is 6.10. The molecule has 0 bridgehead atoms. The maximum atomic E-state index is 5.73. The molecule has 1 atom stereocenters. The highest BCUT2D eigenvalue weighted by atomic mass is 16.5. The lowest BCUT2D eigenvalue weighted by molar-refractivity contribution is 0.184. The van der Waals surface area contributed by atoms with Crippen molar-refractivity contribution < 1.29 is 14.0 Å². The maximum Gasteiger partial charge on any atom is 0.167 e. The number of pyridine rings is 1. The summed E-state index contributed by atoms with van der Waals surface area (Å²) < 4.78 is 16.5. The van der Waals surface area contributed by atoms with Crippen LogP contribution in [0.2, 0.25) is 0 Å². The average molecular weight is 393 g/mol. The van der Waals surface area contributed by atoms with Gasteiger partial charge in [0.1, 0.15) is 5.69 Å². The number of benzene rings is 1. The van der Waals surface area contributed by atoms with Crippen LogP contribution in [0.25, 0.3) is 11.3 Å². The lowest BCUT2D eigenvalue weighted by atomic mass is 10.0. The smallest absolute Gasteiger partial charge is 0.167 e. The van der Waals surface area contributed by atoms with Crippen LogP contribution in [-0.4, -0.2) is 35.8 Å². The second-order valence-corrected chi connectivity index (χ2v) is 7.38. The topological polar surface area (TPSA) is 60.6 Å². The fourth-order valence-corrected chi connectivity index (χ4v) is 3.99. The second kappa shape index (κ2) is 9.09. The van der Waals surface area contributed by atoms with Crippen LogP contribution in [0, 0.1) is 0 Å². The molecular formula is C23H27N3O3. The predicted octanol–water partition coefficient (Wildman–Crippen LogP) is 4.87. The number of aromatic nitrogens is 2. The first-order valence-corrected chi connectivity index (χ1v) is 10.1. The zero-order valence-corrected chi connectivity index (χ0v) is 17.0. The van der Waals surface area contributed by atoms with E-state index in [2.05, 4.69) is 27.2 Å². The molecule has 0 unspecified atom stereocenters. The zero-order chi connectivity index (χ0) is 20.1. The monoisotopic (exact) mass is 393 g/mol. The van der Waals surface area contributed by atoms with Crippen LogP contribution < -0.4 is 9.47 Å². The molecule has 0 radical (unpaired) electrons. The largest absolute Gasteiger partial charge is 0.493 e. The first-order valence-electron chi connectivity index (χ1n) is 10.1. The molecule has 2 aromatic heterocycles. The van der Waals surface area contributed by atoms with Crippen molar-refractivity contribution in [3.63, 3.8) is 0 Å². The minimum atomic E-state index is 0.246. The molecule has 4 rings (SSSR count). The number of methoxy groups -OCH3 is 2. The average Bonchev–Trinajstić information content (AvgIpc) is 3.14. The van der Waals surface area contributed by atoms with E-state index in [0.29, 0.717) is 11.5 Å². The summed E-state index contributed by atoms with van der Waals surface area (Å²) in [5, 5.41) is 4.44. The minimum Gasteiger partial charge on any atom is -0.493 e. The van der Waals surface area contributed by atoms with Gasteiger partial charge in [-0.1, -0.05) is 24.1 Å². The van der Waals surface area contributed by atoms with E-state index in [-0.39, 0.29) is 6.04 Å². The van der Waals surface area contributed by atoms with E-state index >= 15 is 0 Å². The molecule has 0 saturated carbocycles. The molecule has 1 fully saturated rings. The number of rotatable bonds is 6. The van der Waals surface area contributed by atoms with Gasteiger partial charge in [0.15, 0.2) is 17.3 Å². The van der Waals surface area contributed by atoms with Crippen molar-refractivity contribution in [3.8, 4) is 22.8 Å². The summed E-state index contributed by atoms with van der Waals surface area (Å²) >= 11 is 0. The molecule has 1 saturated heterocycles. The summed E-state index contributed by atoms with van der Waals surface area (Å²) in [6.07, 6.45) is 8.50. The Balaban J connectivity index is 1.59. The van der Waals surface area contributed by atoms with Gasteiger partial charge in [0.2, 0.25) is 0 Å². The Morgan fingerprint density at radius 2 is 1.97 bits per heavy atom. The van der Waals surface area contributed by atoms with Gasteiger partial charge in [-0.2, -0.15) is 0 Å². The van der Waals surface area contributed by atoms with E-state index in [4.69, 9.17) is 14.0 Å². The van der Waals surface area contributed by atoms with E-state index in [9.17, 15) is 0 Å². The van der Waals surface area contributed by atoms with Crippen molar-refractivity contribution >= 4 is 0 Å². The Bertz CT molecular complexity index is 926. The Morgan fingerprint density at radius 1 is 1.07 bits per heavy atom. The molecule has 0 aliphatic carbocycles. The first-order chi connectivity index (χ1) is 14.3. The third-order valence-corrected chi connectivity index (χ3v) is 5.51. The maximum absolute atomic E-state index is 5.73. The quantitative estimate of drug-likeness (QED) is 0.595. The molecule has 1 aromatic carbocycles. The van der Waals surface area contributed by atoms with E-state index in [1.54, 1.807) is 14.2 Å². The number of hydrogen-bond acceptors (Lipinski definition) is 6. The Morgan fingerprint density at radius 3 is 2.76 bits per heavy atom. The van der Waals surface area contributed by atoms with Crippen LogP contribution in [-0.2, 0) is 6.54 Å². The van der Waals surface area contributed by atoms with Crippen molar-refractivity contribution in [1.82, 2.24) is 15.0 Å². The molecular weight excluding hydrogens is 366 g/mol. The molecule has 152 valence electrons. The van der Waals surface area contributed by atoms with Crippen LogP contribution in [0.1, 0.15) is 43.0 Å². The van der Waals surface area contributed by atoms with Crippen LogP contribution >= 0.6 is 0 Å². The third kappa shape index (κ3) is 4.43. The molecule has 0 amide bonds. The van der Waals surface area contributed by atoms with Crippen LogP contribution in [0.4, 0.5) is 0 Å². The summed E-state index contributed by atoms with van der Waals surface area (Å²) in [6, 6.07) is 12.2. The van der Waals surface area contributed by atoms with Gasteiger partial charge in [0.05, 0.1) is 20.3 Å². The zero-order valence-electron chi connectivity index (χ0n) is 17.0. The van der Waals surface area contributed by atoms with Gasteiger partial charge in [0.25, 0.3) is 0 Å². The number of ether oxygens (including phenoxy) is 2. The van der Waals surface area contributed by atoms with E-state index in [1.165, 1.54) is 24.8 Å². The van der Waals surface area contributed by atoms with Gasteiger partial charge in [-0.3, -0.25) is 9.88 Å². The van der Waals surface area contributed by atoms with E-state index in [0.717, 1.165) is 36.5 Å². The molecule has 1 aliphatic heterocycles. The van der Waals surface area contributed by atoms with Gasteiger partial charge >= 0.3 is 0 Å². The minimum absolute atomic E-state index is 0.246. The van der Waals surface area contributed by atoms with Crippen LogP contribution in [0.5, 0.6) is 11.5 Å². The van der Waals surface area contributed by atoms with Gasteiger partial charge in [-0.05, 0) is 49.2 Å².